The fourth-order valence-corrected chi connectivity index (χ4v) is 6.80. The van der Waals surface area contributed by atoms with Gasteiger partial charge in [0.05, 0.1) is 27.1 Å². The van der Waals surface area contributed by atoms with E-state index in [0.29, 0.717) is 10.0 Å². The summed E-state index contributed by atoms with van der Waals surface area (Å²) >= 11 is 15.7. The minimum atomic E-state index is 0.00511. The third-order valence-corrected chi connectivity index (χ3v) is 9.38. The van der Waals surface area contributed by atoms with Gasteiger partial charge in [-0.05, 0) is 58.5 Å². The number of hydrogen-bond acceptors (Lipinski definition) is 3. The Kier molecular flexibility index (Phi) is 6.35. The van der Waals surface area contributed by atoms with Crippen LogP contribution >= 0.6 is 34.5 Å². The molecule has 2 aromatic heterocycles. The first kappa shape index (κ1) is 26.2. The van der Waals surface area contributed by atoms with Crippen LogP contribution in [-0.2, 0) is 5.41 Å². The maximum atomic E-state index is 7.10. The molecule has 7 aromatic rings. The van der Waals surface area contributed by atoms with E-state index in [9.17, 15) is 0 Å². The summed E-state index contributed by atoms with van der Waals surface area (Å²) in [6, 6.07) is 35.5. The van der Waals surface area contributed by atoms with Gasteiger partial charge in [-0.3, -0.25) is 0 Å². The first-order chi connectivity index (χ1) is 19.8. The van der Waals surface area contributed by atoms with Crippen molar-refractivity contribution >= 4 is 83.6 Å². The minimum Gasteiger partial charge on any atom is -0.454 e. The van der Waals surface area contributed by atoms with Crippen molar-refractivity contribution in [2.24, 2.45) is 0 Å². The Bertz CT molecular complexity index is 2070. The molecule has 0 atom stereocenters. The molecule has 7 rings (SSSR count). The normalized spacial score (nSPS) is 12.0. The van der Waals surface area contributed by atoms with Gasteiger partial charge in [0.2, 0.25) is 0 Å². The number of anilines is 3. The number of nitrogens with zero attached hydrogens (tertiary/aromatic N) is 1. The second-order valence-corrected chi connectivity index (χ2v) is 13.0. The first-order valence-corrected chi connectivity index (χ1v) is 15.2. The third-order valence-electron chi connectivity index (χ3n) is 7.64. The number of rotatable bonds is 4. The highest BCUT2D eigenvalue weighted by Gasteiger charge is 2.26. The van der Waals surface area contributed by atoms with Gasteiger partial charge in [0.15, 0.2) is 5.58 Å². The molecule has 5 heteroatoms. The predicted octanol–water partition coefficient (Wildman–Crippen LogP) is 12.5. The number of para-hydroxylation sites is 2. The molecule has 0 spiro atoms. The van der Waals surface area contributed by atoms with Crippen LogP contribution in [0.1, 0.15) is 26.3 Å². The van der Waals surface area contributed by atoms with Crippen LogP contribution in [0.25, 0.3) is 43.2 Å². The van der Waals surface area contributed by atoms with E-state index < -0.39 is 0 Å². The molecular weight excluding hydrogens is 565 g/mol. The summed E-state index contributed by atoms with van der Waals surface area (Å²) in [7, 11) is 0. The van der Waals surface area contributed by atoms with Crippen LogP contribution in [0, 0.1) is 0 Å². The highest BCUT2D eigenvalue weighted by atomic mass is 35.5. The smallest absolute Gasteiger partial charge is 0.159 e. The Labute approximate surface area is 253 Å². The molecule has 0 aliphatic carbocycles. The molecule has 0 aliphatic heterocycles. The lowest BCUT2D eigenvalue weighted by Gasteiger charge is -2.27. The molecule has 0 radical (unpaired) electrons. The topological polar surface area (TPSA) is 16.4 Å². The second-order valence-electron chi connectivity index (χ2n) is 11.3. The van der Waals surface area contributed by atoms with Gasteiger partial charge < -0.3 is 9.32 Å². The van der Waals surface area contributed by atoms with Gasteiger partial charge in [-0.15, -0.1) is 11.3 Å². The van der Waals surface area contributed by atoms with Crippen LogP contribution in [-0.4, -0.2) is 0 Å². The Balaban J connectivity index is 1.57. The molecule has 0 N–H and O–H groups in total. The van der Waals surface area contributed by atoms with Crippen molar-refractivity contribution in [2.75, 3.05) is 4.90 Å². The average Bonchev–Trinajstić information content (AvgIpc) is 3.57. The van der Waals surface area contributed by atoms with Crippen LogP contribution in [0.3, 0.4) is 0 Å². The summed E-state index contributed by atoms with van der Waals surface area (Å²) in [5.74, 6) is 0. The third kappa shape index (κ3) is 4.49. The van der Waals surface area contributed by atoms with Gasteiger partial charge in [0.1, 0.15) is 5.58 Å². The molecule has 0 amide bonds. The number of halogens is 2. The Morgan fingerprint density at radius 2 is 1.41 bits per heavy atom. The standard InChI is InChI=1S/C36H27Cl2NOS/c1-36(2,3)24-16-17-33-27(20-24)31(21-41-33)39(29-14-9-13-26-25-12-7-8-15-32(25)40-35(26)29)30-19-23(18-28(37)34(30)38)22-10-5-4-6-11-22/h4-21H,1-3H3. The fourth-order valence-electron chi connectivity index (χ4n) is 5.49. The molecule has 2 heterocycles. The highest BCUT2D eigenvalue weighted by molar-refractivity contribution is 7.17. The molecule has 0 unspecified atom stereocenters. The van der Waals surface area contributed by atoms with E-state index in [1.54, 1.807) is 11.3 Å². The lowest BCUT2D eigenvalue weighted by molar-refractivity contribution is 0.591. The summed E-state index contributed by atoms with van der Waals surface area (Å²) < 4.78 is 7.75. The molecule has 0 saturated carbocycles. The molecule has 0 saturated heterocycles. The zero-order valence-electron chi connectivity index (χ0n) is 22.9. The molecule has 202 valence electrons. The van der Waals surface area contributed by atoms with E-state index in [4.69, 9.17) is 27.6 Å². The van der Waals surface area contributed by atoms with Crippen LogP contribution in [0.5, 0.6) is 0 Å². The number of benzene rings is 5. The maximum Gasteiger partial charge on any atom is 0.159 e. The van der Waals surface area contributed by atoms with Crippen molar-refractivity contribution in [3.8, 4) is 11.1 Å². The van der Waals surface area contributed by atoms with E-state index >= 15 is 0 Å². The van der Waals surface area contributed by atoms with E-state index in [-0.39, 0.29) is 5.41 Å². The minimum absolute atomic E-state index is 0.00511. The van der Waals surface area contributed by atoms with Gasteiger partial charge in [0, 0.05) is 26.2 Å². The largest absolute Gasteiger partial charge is 0.454 e. The van der Waals surface area contributed by atoms with E-state index in [1.165, 1.54) is 10.3 Å². The zero-order valence-corrected chi connectivity index (χ0v) is 25.2. The Morgan fingerprint density at radius 3 is 2.22 bits per heavy atom. The zero-order chi connectivity index (χ0) is 28.3. The van der Waals surface area contributed by atoms with Crippen molar-refractivity contribution in [2.45, 2.75) is 26.2 Å². The number of furan rings is 1. The van der Waals surface area contributed by atoms with Crippen molar-refractivity contribution in [3.63, 3.8) is 0 Å². The summed E-state index contributed by atoms with van der Waals surface area (Å²) in [6.45, 7) is 6.73. The lowest BCUT2D eigenvalue weighted by Crippen LogP contribution is -2.12. The van der Waals surface area contributed by atoms with Gasteiger partial charge in [-0.1, -0.05) is 111 Å². The van der Waals surface area contributed by atoms with E-state index in [2.05, 4.69) is 91.7 Å². The first-order valence-electron chi connectivity index (χ1n) is 13.6. The van der Waals surface area contributed by atoms with Crippen LogP contribution in [0.15, 0.2) is 113 Å². The van der Waals surface area contributed by atoms with Crippen LogP contribution in [0.2, 0.25) is 10.0 Å². The van der Waals surface area contributed by atoms with Gasteiger partial charge >= 0.3 is 0 Å². The Morgan fingerprint density at radius 1 is 0.659 bits per heavy atom. The van der Waals surface area contributed by atoms with Gasteiger partial charge in [0.25, 0.3) is 0 Å². The van der Waals surface area contributed by atoms with Gasteiger partial charge in [-0.25, -0.2) is 0 Å². The van der Waals surface area contributed by atoms with Crippen molar-refractivity contribution in [1.29, 1.82) is 0 Å². The summed E-state index contributed by atoms with van der Waals surface area (Å²) in [5, 5.41) is 6.49. The summed E-state index contributed by atoms with van der Waals surface area (Å²) in [4.78, 5) is 2.22. The molecule has 0 aliphatic rings. The lowest BCUT2D eigenvalue weighted by atomic mass is 9.86. The van der Waals surface area contributed by atoms with Crippen LogP contribution < -0.4 is 4.90 Å². The Hall–Kier alpha value is -3.76. The quantitative estimate of drug-likeness (QED) is 0.202. The molecule has 2 nitrogen and oxygen atoms in total. The summed E-state index contributed by atoms with van der Waals surface area (Å²) in [5.41, 5.74) is 7.73. The number of hydrogen-bond donors (Lipinski definition) is 0. The molecule has 5 aromatic carbocycles. The van der Waals surface area contributed by atoms with Crippen molar-refractivity contribution < 1.29 is 4.42 Å². The predicted molar refractivity (Wildman–Crippen MR) is 178 cm³/mol. The molecular formula is C36H27Cl2NOS. The molecule has 0 fully saturated rings. The highest BCUT2D eigenvalue weighted by Crippen LogP contribution is 2.50. The average molecular weight is 593 g/mol. The van der Waals surface area contributed by atoms with E-state index in [1.807, 2.05) is 42.5 Å². The number of thiophene rings is 1. The second kappa shape index (κ2) is 9.95. The SMILES string of the molecule is CC(C)(C)c1ccc2scc(N(c3cc(-c4ccccc4)cc(Cl)c3Cl)c3cccc4c3oc3ccccc34)c2c1. The summed E-state index contributed by atoms with van der Waals surface area (Å²) in [6.07, 6.45) is 0. The molecule has 0 bridgehead atoms. The molecule has 41 heavy (non-hydrogen) atoms. The monoisotopic (exact) mass is 591 g/mol. The number of fused-ring (bicyclic) bond motifs is 4. The van der Waals surface area contributed by atoms with Gasteiger partial charge in [-0.2, -0.15) is 0 Å². The fraction of sp³-hybridized carbons (Fsp3) is 0.111. The van der Waals surface area contributed by atoms with Crippen molar-refractivity contribution in [3.05, 3.63) is 124 Å². The maximum absolute atomic E-state index is 7.10. The van der Waals surface area contributed by atoms with E-state index in [0.717, 1.165) is 55.5 Å². The van der Waals surface area contributed by atoms with Crippen molar-refractivity contribution in [1.82, 2.24) is 0 Å². The van der Waals surface area contributed by atoms with Crippen LogP contribution in [0.4, 0.5) is 17.1 Å².